The van der Waals surface area contributed by atoms with E-state index in [1.54, 1.807) is 0 Å². The van der Waals surface area contributed by atoms with Gasteiger partial charge in [-0.1, -0.05) is 38.5 Å². The number of unbranched alkanes of at least 4 members (excludes halogenated alkanes) is 1. The molecule has 0 radical (unpaired) electrons. The summed E-state index contributed by atoms with van der Waals surface area (Å²) in [6.07, 6.45) is 6.54. The van der Waals surface area contributed by atoms with E-state index in [-0.39, 0.29) is 0 Å². The topological polar surface area (TPSA) is 67.2 Å². The quantitative estimate of drug-likeness (QED) is 0.116. The van der Waals surface area contributed by atoms with E-state index < -0.39 is 0 Å². The predicted octanol–water partition coefficient (Wildman–Crippen LogP) is 4.76. The molecule has 0 aromatic rings. The van der Waals surface area contributed by atoms with Crippen LogP contribution in [0.2, 0.25) is 0 Å². The number of hydrogen-bond acceptors (Lipinski definition) is 3. The maximum absolute atomic E-state index is 8.08. The summed E-state index contributed by atoms with van der Waals surface area (Å²) in [6.45, 7) is 9.87. The third kappa shape index (κ3) is 7.09. The van der Waals surface area contributed by atoms with E-state index in [0.717, 1.165) is 30.4 Å². The molecule has 0 aromatic carbocycles. The monoisotopic (exact) mass is 237 g/mol. The summed E-state index contributed by atoms with van der Waals surface area (Å²) in [6, 6.07) is 0. The first-order valence-corrected chi connectivity index (χ1v) is 5.60. The molecule has 17 heavy (non-hydrogen) atoms. The molecule has 0 saturated heterocycles. The summed E-state index contributed by atoms with van der Waals surface area (Å²) in [5.74, 6) is 0.550. The van der Waals surface area contributed by atoms with Crippen LogP contribution in [0.1, 0.15) is 40.0 Å². The van der Waals surface area contributed by atoms with Crippen molar-refractivity contribution in [3.63, 3.8) is 0 Å². The highest BCUT2D eigenvalue weighted by Gasteiger charge is 2.03. The Kier molecular flexibility index (Phi) is 8.33. The maximum Gasteiger partial charge on any atom is 0.178 e. The van der Waals surface area contributed by atoms with E-state index in [0.29, 0.717) is 5.76 Å². The minimum atomic E-state index is 0.550. The molecule has 0 atom stereocenters. The summed E-state index contributed by atoms with van der Waals surface area (Å²) in [5.41, 5.74) is 9.97. The fraction of sp³-hybridized carbons (Fsp3) is 0.500. The zero-order chi connectivity index (χ0) is 13.1. The lowest BCUT2D eigenvalue weighted by molar-refractivity contribution is -0.262. The van der Waals surface area contributed by atoms with Crippen molar-refractivity contribution in [3.05, 3.63) is 46.1 Å². The van der Waals surface area contributed by atoms with Gasteiger partial charge in [-0.3, -0.25) is 4.89 Å². The maximum atomic E-state index is 8.08. The largest absolute Gasteiger partial charge is 0.282 e. The molecule has 0 N–H and O–H groups in total. The Bertz CT molecular complexity index is 353. The fourth-order valence-electron chi connectivity index (χ4n) is 1.09. The third-order valence-corrected chi connectivity index (χ3v) is 2.08. The highest BCUT2D eigenvalue weighted by atomic mass is 17.3. The first kappa shape index (κ1) is 15.1. The van der Waals surface area contributed by atoms with Crippen LogP contribution in [0.15, 0.2) is 40.9 Å². The van der Waals surface area contributed by atoms with Gasteiger partial charge in [0.05, 0.1) is 0 Å². The molecule has 0 heterocycles. The molecular weight excluding hydrogens is 218 g/mol. The molecule has 0 rings (SSSR count). The Labute approximate surface area is 102 Å². The summed E-state index contributed by atoms with van der Waals surface area (Å²) >= 11 is 0. The van der Waals surface area contributed by atoms with Gasteiger partial charge in [-0.2, -0.15) is 0 Å². The van der Waals surface area contributed by atoms with Crippen molar-refractivity contribution in [1.29, 1.82) is 0 Å². The molecular formula is C12H19N3O2. The summed E-state index contributed by atoms with van der Waals surface area (Å²) in [7, 11) is 0. The number of allylic oxidation sites excluding steroid dienone is 4. The standard InChI is InChI=1S/C12H19N3O2/c1-5-7-8-12(16-17-15-14-13)11(4)9-10(3)6-2/h8-9H,3,5-7H2,1-2,4H3/b11-9-,12-8+. The normalized spacial score (nSPS) is 11.7. The van der Waals surface area contributed by atoms with E-state index in [4.69, 9.17) is 10.4 Å². The van der Waals surface area contributed by atoms with Gasteiger partial charge in [-0.05, 0) is 36.9 Å². The van der Waals surface area contributed by atoms with Gasteiger partial charge in [0.2, 0.25) is 0 Å². The Balaban J connectivity index is 4.72. The van der Waals surface area contributed by atoms with Gasteiger partial charge in [0.1, 0.15) is 0 Å². The van der Waals surface area contributed by atoms with Gasteiger partial charge >= 0.3 is 0 Å². The lowest BCUT2D eigenvalue weighted by Crippen LogP contribution is -1.93. The minimum absolute atomic E-state index is 0.550. The number of hydrogen-bond donors (Lipinski definition) is 0. The van der Waals surface area contributed by atoms with Crippen LogP contribution in [0.5, 0.6) is 0 Å². The predicted molar refractivity (Wildman–Crippen MR) is 67.5 cm³/mol. The van der Waals surface area contributed by atoms with E-state index in [9.17, 15) is 0 Å². The van der Waals surface area contributed by atoms with Crippen molar-refractivity contribution in [1.82, 2.24) is 0 Å². The van der Waals surface area contributed by atoms with Crippen molar-refractivity contribution in [2.45, 2.75) is 40.0 Å². The lowest BCUT2D eigenvalue weighted by atomic mass is 10.1. The van der Waals surface area contributed by atoms with Crippen LogP contribution in [-0.2, 0) is 9.88 Å². The molecule has 0 amide bonds. The zero-order valence-corrected chi connectivity index (χ0v) is 10.6. The SMILES string of the molecule is C=C(/C=C(C)\C(=C/CCC)OON=[N+]=[N-])CC. The number of azide groups is 1. The Hall–Kier alpha value is -1.87. The van der Waals surface area contributed by atoms with E-state index in [1.165, 1.54) is 0 Å². The molecule has 0 fully saturated rings. The molecule has 0 bridgehead atoms. The second-order valence-corrected chi connectivity index (χ2v) is 3.53. The second-order valence-electron chi connectivity index (χ2n) is 3.53. The molecule has 0 aromatic heterocycles. The van der Waals surface area contributed by atoms with Crippen molar-refractivity contribution < 1.29 is 9.88 Å². The highest BCUT2D eigenvalue weighted by Crippen LogP contribution is 2.16. The van der Waals surface area contributed by atoms with Gasteiger partial charge in [-0.15, -0.1) is 0 Å². The molecule has 94 valence electrons. The number of rotatable bonds is 8. The zero-order valence-electron chi connectivity index (χ0n) is 10.6. The lowest BCUT2D eigenvalue weighted by Gasteiger charge is -2.06. The Morgan fingerprint density at radius 3 is 2.71 bits per heavy atom. The molecule has 0 spiro atoms. The van der Waals surface area contributed by atoms with E-state index in [1.807, 2.05) is 26.0 Å². The van der Waals surface area contributed by atoms with Crippen LogP contribution in [0, 0.1) is 0 Å². The third-order valence-electron chi connectivity index (χ3n) is 2.08. The van der Waals surface area contributed by atoms with Crippen LogP contribution in [0.25, 0.3) is 10.4 Å². The molecule has 0 aliphatic heterocycles. The summed E-state index contributed by atoms with van der Waals surface area (Å²) < 4.78 is 0. The van der Waals surface area contributed by atoms with Crippen molar-refractivity contribution >= 4 is 0 Å². The highest BCUT2D eigenvalue weighted by molar-refractivity contribution is 5.30. The molecule has 0 unspecified atom stereocenters. The first-order chi connectivity index (χ1) is 8.15. The molecule has 0 saturated carbocycles. The van der Waals surface area contributed by atoms with Crippen LogP contribution in [0.4, 0.5) is 0 Å². The van der Waals surface area contributed by atoms with Crippen LogP contribution >= 0.6 is 0 Å². The van der Waals surface area contributed by atoms with E-state index in [2.05, 4.69) is 28.7 Å². The fourth-order valence-corrected chi connectivity index (χ4v) is 1.09. The minimum Gasteiger partial charge on any atom is -0.282 e. The molecule has 5 nitrogen and oxygen atoms in total. The van der Waals surface area contributed by atoms with Gasteiger partial charge in [0.15, 0.2) is 11.0 Å². The van der Waals surface area contributed by atoms with Crippen molar-refractivity contribution in [2.24, 2.45) is 5.28 Å². The molecule has 0 aliphatic carbocycles. The Morgan fingerprint density at radius 2 is 2.18 bits per heavy atom. The second kappa shape index (κ2) is 9.36. The first-order valence-electron chi connectivity index (χ1n) is 5.60. The molecule has 0 aliphatic rings. The molecule has 5 heteroatoms. The van der Waals surface area contributed by atoms with Gasteiger partial charge in [0.25, 0.3) is 0 Å². The average Bonchev–Trinajstić information content (AvgIpc) is 2.33. The van der Waals surface area contributed by atoms with Crippen molar-refractivity contribution in [2.75, 3.05) is 0 Å². The van der Waals surface area contributed by atoms with Crippen LogP contribution in [0.3, 0.4) is 0 Å². The average molecular weight is 237 g/mol. The van der Waals surface area contributed by atoms with Crippen molar-refractivity contribution in [3.8, 4) is 0 Å². The van der Waals surface area contributed by atoms with Crippen LogP contribution < -0.4 is 0 Å². The van der Waals surface area contributed by atoms with E-state index >= 15 is 0 Å². The van der Waals surface area contributed by atoms with Gasteiger partial charge in [0, 0.05) is 4.91 Å². The summed E-state index contributed by atoms with van der Waals surface area (Å²) in [4.78, 5) is 11.7. The van der Waals surface area contributed by atoms with Gasteiger partial charge in [-0.25, -0.2) is 4.99 Å². The van der Waals surface area contributed by atoms with Crippen LogP contribution in [-0.4, -0.2) is 0 Å². The van der Waals surface area contributed by atoms with Gasteiger partial charge < -0.3 is 0 Å². The number of nitrogens with zero attached hydrogens (tertiary/aromatic N) is 3. The summed E-state index contributed by atoms with van der Waals surface area (Å²) in [5, 5.41) is 2.87. The smallest absolute Gasteiger partial charge is 0.178 e. The Morgan fingerprint density at radius 1 is 1.47 bits per heavy atom.